The molecule has 0 atom stereocenters. The molecule has 4 amide bonds. The molecule has 18 heteroatoms. The van der Waals surface area contributed by atoms with E-state index in [1.807, 2.05) is 0 Å². The van der Waals surface area contributed by atoms with Gasteiger partial charge in [0.1, 0.15) is 8.64 Å². The van der Waals surface area contributed by atoms with Crippen LogP contribution in [-0.2, 0) is 19.2 Å². The number of nitrogens with zero attached hydrogens (tertiary/aromatic N) is 4. The highest BCUT2D eigenvalue weighted by atomic mass is 32.2. The summed E-state index contributed by atoms with van der Waals surface area (Å²) < 4.78 is 0.316. The summed E-state index contributed by atoms with van der Waals surface area (Å²) in [5.74, 6) is -2.00. The summed E-state index contributed by atoms with van der Waals surface area (Å²) in [6, 6.07) is 10.5. The standard InChI is InChI=1S/C24H18N6O8S4/c31-17(25-13-1-5-15(6-2-13)29(35)36)9-11-27-21(33)19(41-23(27)39)20-22(34)28(24(40)42-20)12-10-18(32)26-14-3-7-16(8-4-14)30(37)38/h1-8H,9-12H2,(H,25,31)(H,26,32)/b20-19+. The van der Waals surface area contributed by atoms with E-state index in [-0.39, 0.29) is 55.8 Å². The number of nitro groups is 2. The Bertz CT molecular complexity index is 1450. The predicted molar refractivity (Wildman–Crippen MR) is 164 cm³/mol. The minimum Gasteiger partial charge on any atom is -0.326 e. The summed E-state index contributed by atoms with van der Waals surface area (Å²) in [4.78, 5) is 73.9. The molecular weight excluding hydrogens is 629 g/mol. The van der Waals surface area contributed by atoms with Crippen molar-refractivity contribution in [2.45, 2.75) is 12.8 Å². The van der Waals surface area contributed by atoms with Gasteiger partial charge in [0.05, 0.1) is 19.7 Å². The lowest BCUT2D eigenvalue weighted by Gasteiger charge is -2.14. The number of thioether (sulfide) groups is 2. The van der Waals surface area contributed by atoms with E-state index in [4.69, 9.17) is 24.4 Å². The van der Waals surface area contributed by atoms with Crippen molar-refractivity contribution in [2.24, 2.45) is 0 Å². The molecule has 0 unspecified atom stereocenters. The van der Waals surface area contributed by atoms with Crippen molar-refractivity contribution < 1.29 is 29.0 Å². The number of nitro benzene ring substituents is 2. The van der Waals surface area contributed by atoms with E-state index >= 15 is 0 Å². The van der Waals surface area contributed by atoms with Crippen molar-refractivity contribution in [3.05, 3.63) is 78.6 Å². The highest BCUT2D eigenvalue weighted by Gasteiger charge is 2.42. The van der Waals surface area contributed by atoms with Crippen LogP contribution in [0.15, 0.2) is 58.3 Å². The zero-order valence-corrected chi connectivity index (χ0v) is 24.4. The van der Waals surface area contributed by atoms with Crippen LogP contribution < -0.4 is 10.6 Å². The van der Waals surface area contributed by atoms with Crippen LogP contribution in [0.25, 0.3) is 0 Å². The van der Waals surface area contributed by atoms with Crippen molar-refractivity contribution in [2.75, 3.05) is 23.7 Å². The maximum absolute atomic E-state index is 13.1. The van der Waals surface area contributed by atoms with Crippen molar-refractivity contribution in [3.8, 4) is 0 Å². The molecule has 0 saturated carbocycles. The number of hydrogen-bond acceptors (Lipinski definition) is 12. The van der Waals surface area contributed by atoms with Crippen LogP contribution in [0.4, 0.5) is 22.7 Å². The van der Waals surface area contributed by atoms with E-state index in [1.54, 1.807) is 0 Å². The largest absolute Gasteiger partial charge is 0.326 e. The Morgan fingerprint density at radius 3 is 1.33 bits per heavy atom. The van der Waals surface area contributed by atoms with Gasteiger partial charge in [-0.3, -0.25) is 49.2 Å². The Morgan fingerprint density at radius 1 is 0.690 bits per heavy atom. The number of benzene rings is 2. The van der Waals surface area contributed by atoms with Gasteiger partial charge < -0.3 is 10.6 Å². The average molecular weight is 647 g/mol. The van der Waals surface area contributed by atoms with Crippen LogP contribution in [0.1, 0.15) is 12.8 Å². The van der Waals surface area contributed by atoms with Crippen LogP contribution in [-0.4, -0.2) is 65.0 Å². The predicted octanol–water partition coefficient (Wildman–Crippen LogP) is 3.79. The summed E-state index contributed by atoms with van der Waals surface area (Å²) in [7, 11) is 0. The molecule has 0 aliphatic carbocycles. The summed E-state index contributed by atoms with van der Waals surface area (Å²) in [6.45, 7) is -0.119. The highest BCUT2D eigenvalue weighted by molar-refractivity contribution is 8.29. The lowest BCUT2D eigenvalue weighted by Crippen LogP contribution is -2.33. The van der Waals surface area contributed by atoms with Crippen molar-refractivity contribution in [1.29, 1.82) is 0 Å². The van der Waals surface area contributed by atoms with Gasteiger partial charge in [-0.05, 0) is 24.3 Å². The first kappa shape index (κ1) is 30.7. The monoisotopic (exact) mass is 646 g/mol. The fourth-order valence-corrected chi connectivity index (χ4v) is 6.43. The molecule has 2 saturated heterocycles. The Labute approximate surface area is 256 Å². The Hall–Kier alpha value is -4.26. The van der Waals surface area contributed by atoms with Crippen molar-refractivity contribution in [3.63, 3.8) is 0 Å². The van der Waals surface area contributed by atoms with Gasteiger partial charge >= 0.3 is 0 Å². The fourth-order valence-electron chi connectivity index (χ4n) is 3.66. The summed E-state index contributed by atoms with van der Waals surface area (Å²) in [5, 5.41) is 26.7. The maximum Gasteiger partial charge on any atom is 0.269 e. The molecule has 0 bridgehead atoms. The van der Waals surface area contributed by atoms with E-state index in [1.165, 1.54) is 58.3 Å². The van der Waals surface area contributed by atoms with Crippen molar-refractivity contribution in [1.82, 2.24) is 9.80 Å². The molecule has 2 aromatic rings. The van der Waals surface area contributed by atoms with Crippen LogP contribution in [0.2, 0.25) is 0 Å². The molecule has 0 radical (unpaired) electrons. The molecule has 4 rings (SSSR count). The molecule has 0 spiro atoms. The number of carbonyl (C=O) groups excluding carboxylic acids is 4. The Balaban J connectivity index is 1.32. The van der Waals surface area contributed by atoms with E-state index in [0.29, 0.717) is 11.4 Å². The first-order valence-corrected chi connectivity index (χ1v) is 14.3. The van der Waals surface area contributed by atoms with Crippen LogP contribution in [0.5, 0.6) is 0 Å². The van der Waals surface area contributed by atoms with E-state index in [9.17, 15) is 39.4 Å². The minimum absolute atomic E-state index is 0.0594. The third-order valence-corrected chi connectivity index (χ3v) is 8.78. The number of hydrogen-bond donors (Lipinski definition) is 2. The molecular formula is C24H18N6O8S4. The molecule has 2 aliphatic rings. The normalized spacial score (nSPS) is 16.7. The van der Waals surface area contributed by atoms with Gasteiger partial charge in [0.25, 0.3) is 23.2 Å². The smallest absolute Gasteiger partial charge is 0.269 e. The van der Waals surface area contributed by atoms with Crippen LogP contribution >= 0.6 is 48.0 Å². The number of carbonyl (C=O) groups is 4. The zero-order valence-electron chi connectivity index (χ0n) is 21.1. The zero-order chi connectivity index (χ0) is 30.6. The molecule has 2 aliphatic heterocycles. The third kappa shape index (κ3) is 7.14. The SMILES string of the molecule is O=C(CCN1C(=O)/C(=C2\SC(=S)N(CCC(=O)Nc3ccc([N+](=O)[O-])cc3)C2=O)SC1=S)Nc1ccc([N+](=O)[O-])cc1. The van der Waals surface area contributed by atoms with Gasteiger partial charge in [-0.15, -0.1) is 0 Å². The van der Waals surface area contributed by atoms with Gasteiger partial charge in [-0.25, -0.2) is 0 Å². The Kier molecular flexibility index (Phi) is 9.61. The lowest BCUT2D eigenvalue weighted by molar-refractivity contribution is -0.385. The molecule has 14 nitrogen and oxygen atoms in total. The van der Waals surface area contributed by atoms with E-state index < -0.39 is 33.5 Å². The van der Waals surface area contributed by atoms with E-state index in [2.05, 4.69) is 10.6 Å². The number of amides is 4. The summed E-state index contributed by atoms with van der Waals surface area (Å²) in [5.41, 5.74) is 0.449. The van der Waals surface area contributed by atoms with Gasteiger partial charge in [-0.1, -0.05) is 48.0 Å². The molecule has 0 aromatic heterocycles. The van der Waals surface area contributed by atoms with Gasteiger partial charge in [0.15, 0.2) is 0 Å². The molecule has 2 heterocycles. The summed E-state index contributed by atoms with van der Waals surface area (Å²) in [6.07, 6.45) is -0.247. The second-order valence-electron chi connectivity index (χ2n) is 8.51. The first-order chi connectivity index (χ1) is 19.9. The van der Waals surface area contributed by atoms with Gasteiger partial charge in [-0.2, -0.15) is 0 Å². The number of anilines is 2. The van der Waals surface area contributed by atoms with Gasteiger partial charge in [0, 0.05) is 61.6 Å². The molecule has 216 valence electrons. The van der Waals surface area contributed by atoms with Crippen LogP contribution in [0, 0.1) is 20.2 Å². The molecule has 2 N–H and O–H groups in total. The van der Waals surface area contributed by atoms with Crippen molar-refractivity contribution >= 4 is 103 Å². The quantitative estimate of drug-likeness (QED) is 0.165. The lowest BCUT2D eigenvalue weighted by atomic mass is 10.2. The highest BCUT2D eigenvalue weighted by Crippen LogP contribution is 2.42. The number of thiocarbonyl (C=S) groups is 2. The minimum atomic E-state index is -0.560. The fraction of sp³-hybridized carbons (Fsp3) is 0.167. The first-order valence-electron chi connectivity index (χ1n) is 11.8. The molecule has 2 fully saturated rings. The average Bonchev–Trinajstić information content (AvgIpc) is 3.39. The topological polar surface area (TPSA) is 185 Å². The number of nitrogens with one attached hydrogen (secondary N) is 2. The van der Waals surface area contributed by atoms with Crippen LogP contribution in [0.3, 0.4) is 0 Å². The molecule has 2 aromatic carbocycles. The third-order valence-electron chi connectivity index (χ3n) is 5.75. The number of rotatable bonds is 10. The maximum atomic E-state index is 13.1. The Morgan fingerprint density at radius 2 is 1.02 bits per heavy atom. The number of non-ortho nitro benzene ring substituents is 2. The van der Waals surface area contributed by atoms with E-state index in [0.717, 1.165) is 23.5 Å². The second-order valence-corrected chi connectivity index (χ2v) is 11.8. The second kappa shape index (κ2) is 13.1. The summed E-state index contributed by atoms with van der Waals surface area (Å²) >= 11 is 12.4. The van der Waals surface area contributed by atoms with Gasteiger partial charge in [0.2, 0.25) is 11.8 Å². The molecule has 42 heavy (non-hydrogen) atoms.